The number of pyridine rings is 3. The second kappa shape index (κ2) is 24.3. The lowest BCUT2D eigenvalue weighted by molar-refractivity contribution is -0.660. The van der Waals surface area contributed by atoms with E-state index in [0.29, 0.717) is 11.8 Å². The van der Waals surface area contributed by atoms with E-state index in [1.165, 1.54) is 133 Å². The summed E-state index contributed by atoms with van der Waals surface area (Å²) in [6.45, 7) is 24.3. The third-order valence-corrected chi connectivity index (χ3v) is 18.7. The van der Waals surface area contributed by atoms with Crippen molar-refractivity contribution < 1.29 is 27.0 Å². The first-order valence-electron chi connectivity index (χ1n) is 31.9. The van der Waals surface area contributed by atoms with Crippen LogP contribution in [0.1, 0.15) is 89.6 Å². The molecule has 0 atom stereocenters. The minimum Gasteiger partial charge on any atom is -0.455 e. The van der Waals surface area contributed by atoms with Crippen LogP contribution in [-0.4, -0.2) is 0 Å². The smallest absolute Gasteiger partial charge is 0.212 e. The van der Waals surface area contributed by atoms with Crippen molar-refractivity contribution in [2.75, 3.05) is 0 Å². The predicted octanol–water partition coefficient (Wildman–Crippen LogP) is 21.6. The van der Waals surface area contributed by atoms with E-state index in [9.17, 15) is 0 Å². The molecule has 6 aromatic heterocycles. The first-order valence-corrected chi connectivity index (χ1v) is 31.9. The number of fused-ring (bicyclic) bond motifs is 9. The number of hydrogen-bond acceptors (Lipinski definition) is 3. The molecule has 0 saturated carbocycles. The number of nitrogens with zero attached hydrogens (tertiary/aromatic N) is 3. The van der Waals surface area contributed by atoms with E-state index < -0.39 is 0 Å². The maximum Gasteiger partial charge on any atom is 0.212 e. The molecule has 6 nitrogen and oxygen atoms in total. The fourth-order valence-electron chi connectivity index (χ4n) is 13.6. The molecule has 0 radical (unpaired) electrons. The standard InChI is InChI=1S/2C29H28NO.C27H24NO/c1-18(2)22-13-14-30(5)26(17-22)23-11-12-27-28(20(23)4)25-16-19(3)15-24(29(25)31-27)21-9-7-6-8-10-21;1-18(2)22-15-16-30(5)25(17-22)23-13-14-26-28(20(23)4)27-19(3)11-12-24(29(27)31-26)21-9-7-6-8-10-21;1-17-14-15-28(4)23(16-17)21-12-13-24-26(19(21)3)25-18(2)10-11-22(27(25)29-24)20-8-6-5-7-9-20/h2*6-18H,1-5H3;5-16H,1-4H3/q3*+1. The molecule has 0 unspecified atom stereocenters. The summed E-state index contributed by atoms with van der Waals surface area (Å²) in [5.74, 6) is 0.990. The van der Waals surface area contributed by atoms with E-state index >= 15 is 0 Å². The first kappa shape index (κ1) is 59.8. The Kier molecular flexibility index (Phi) is 16.0. The average Bonchev–Trinajstić information content (AvgIpc) is 1.64. The highest BCUT2D eigenvalue weighted by Gasteiger charge is 2.25. The van der Waals surface area contributed by atoms with Crippen LogP contribution < -0.4 is 13.7 Å². The Bertz CT molecular complexity index is 5280. The number of aryl methyl sites for hydroxylation is 10. The Morgan fingerprint density at radius 3 is 1.09 bits per heavy atom. The SMILES string of the molecule is Cc1c(-c2cc(C(C)C)cc[n+]2C)ccc2oc3c(-c4ccccc4)ccc(C)c3c12.Cc1cc(-c2ccccc2)c2oc3ccc(-c4cc(C(C)C)cc[n+]4C)c(C)c3c2c1.Cc1cc[n+](C)c(-c2ccc3oc4c(-c5ccccc5)ccc(C)c4c3c2C)c1. The highest BCUT2D eigenvalue weighted by atomic mass is 16.3. The highest BCUT2D eigenvalue weighted by Crippen LogP contribution is 2.45. The third-order valence-electron chi connectivity index (χ3n) is 18.7. The van der Waals surface area contributed by atoms with Crippen LogP contribution in [0.15, 0.2) is 232 Å². The van der Waals surface area contributed by atoms with Crippen LogP contribution in [0.2, 0.25) is 0 Å². The van der Waals surface area contributed by atoms with Crippen molar-refractivity contribution in [3.05, 3.63) is 269 Å². The van der Waals surface area contributed by atoms with Crippen molar-refractivity contribution in [3.8, 4) is 67.2 Å². The Hall–Kier alpha value is -10.2. The number of rotatable bonds is 8. The summed E-state index contributed by atoms with van der Waals surface area (Å²) in [5.41, 5.74) is 31.7. The maximum atomic E-state index is 6.48. The molecule has 0 amide bonds. The Balaban J connectivity index is 0.000000125. The molecule has 0 saturated heterocycles. The van der Waals surface area contributed by atoms with Crippen molar-refractivity contribution in [2.24, 2.45) is 21.1 Å². The molecular weight excluding hydrogens is 1110 g/mol. The number of hydrogen-bond donors (Lipinski definition) is 0. The number of benzene rings is 9. The number of furan rings is 3. The van der Waals surface area contributed by atoms with Crippen molar-refractivity contribution in [1.82, 2.24) is 0 Å². The van der Waals surface area contributed by atoms with Gasteiger partial charge in [0.15, 0.2) is 18.6 Å². The lowest BCUT2D eigenvalue weighted by Crippen LogP contribution is -2.30. The van der Waals surface area contributed by atoms with E-state index in [1.807, 2.05) is 6.07 Å². The van der Waals surface area contributed by atoms with Crippen LogP contribution >= 0.6 is 0 Å². The first-order chi connectivity index (χ1) is 43.9. The normalized spacial score (nSPS) is 11.6. The highest BCUT2D eigenvalue weighted by molar-refractivity contribution is 6.16. The third kappa shape index (κ3) is 11.0. The lowest BCUT2D eigenvalue weighted by atomic mass is 9.94. The molecule has 0 bridgehead atoms. The zero-order valence-corrected chi connectivity index (χ0v) is 55.0. The zero-order chi connectivity index (χ0) is 63.5. The maximum absolute atomic E-state index is 6.48. The summed E-state index contributed by atoms with van der Waals surface area (Å²) >= 11 is 0. The molecule has 450 valence electrons. The Morgan fingerprint density at radius 2 is 0.659 bits per heavy atom. The molecule has 6 heteroatoms. The van der Waals surface area contributed by atoms with Gasteiger partial charge < -0.3 is 13.3 Å². The van der Waals surface area contributed by atoms with Gasteiger partial charge in [0.2, 0.25) is 17.1 Å². The molecule has 0 aliphatic carbocycles. The van der Waals surface area contributed by atoms with Crippen molar-refractivity contribution in [1.29, 1.82) is 0 Å². The summed E-state index contributed by atoms with van der Waals surface area (Å²) in [4.78, 5) is 0. The summed E-state index contributed by atoms with van der Waals surface area (Å²) in [5, 5.41) is 7.28. The molecule has 9 aromatic carbocycles. The fraction of sp³-hybridized carbons (Fsp3) is 0.188. The summed E-state index contributed by atoms with van der Waals surface area (Å²) in [6, 6.07) is 71.2. The monoisotopic (exact) mass is 1190 g/mol. The van der Waals surface area contributed by atoms with Crippen LogP contribution in [-0.2, 0) is 21.1 Å². The van der Waals surface area contributed by atoms with E-state index in [-0.39, 0.29) is 0 Å². The van der Waals surface area contributed by atoms with Gasteiger partial charge in [-0.15, -0.1) is 0 Å². The van der Waals surface area contributed by atoms with Crippen LogP contribution in [0.25, 0.3) is 133 Å². The fourth-order valence-corrected chi connectivity index (χ4v) is 13.6. The van der Waals surface area contributed by atoms with Crippen molar-refractivity contribution >= 4 is 65.8 Å². The largest absolute Gasteiger partial charge is 0.455 e. The van der Waals surface area contributed by atoms with Gasteiger partial charge in [0, 0.05) is 102 Å². The topological polar surface area (TPSA) is 51.1 Å². The van der Waals surface area contributed by atoms with Gasteiger partial charge >= 0.3 is 0 Å². The molecule has 0 spiro atoms. The van der Waals surface area contributed by atoms with Gasteiger partial charge in [-0.2, -0.15) is 0 Å². The van der Waals surface area contributed by atoms with Gasteiger partial charge in [0.05, 0.1) is 0 Å². The minimum atomic E-state index is 0.495. The van der Waals surface area contributed by atoms with E-state index in [0.717, 1.165) is 50.2 Å². The average molecular weight is 1190 g/mol. The summed E-state index contributed by atoms with van der Waals surface area (Å²) < 4.78 is 26.0. The van der Waals surface area contributed by atoms with E-state index in [1.54, 1.807) is 0 Å². The van der Waals surface area contributed by atoms with Gasteiger partial charge in [0.25, 0.3) is 0 Å². The van der Waals surface area contributed by atoms with E-state index in [2.05, 4.69) is 324 Å². The second-order valence-electron chi connectivity index (χ2n) is 25.6. The molecule has 15 aromatic rings. The van der Waals surface area contributed by atoms with Gasteiger partial charge in [-0.25, -0.2) is 13.7 Å². The van der Waals surface area contributed by atoms with Crippen LogP contribution in [0.5, 0.6) is 0 Å². The lowest BCUT2D eigenvalue weighted by Gasteiger charge is -2.10. The van der Waals surface area contributed by atoms with Gasteiger partial charge in [-0.1, -0.05) is 143 Å². The molecule has 6 heterocycles. The Labute approximate surface area is 535 Å². The minimum absolute atomic E-state index is 0.495. The summed E-state index contributed by atoms with van der Waals surface area (Å²) in [7, 11) is 6.34. The molecule has 15 rings (SSSR count). The second-order valence-corrected chi connectivity index (χ2v) is 25.6. The molecule has 0 aliphatic rings. The van der Waals surface area contributed by atoms with Crippen LogP contribution in [0.4, 0.5) is 0 Å². The Morgan fingerprint density at radius 1 is 0.297 bits per heavy atom. The quantitative estimate of drug-likeness (QED) is 0.143. The van der Waals surface area contributed by atoms with Crippen LogP contribution in [0.3, 0.4) is 0 Å². The zero-order valence-electron chi connectivity index (χ0n) is 55.0. The van der Waals surface area contributed by atoms with E-state index in [4.69, 9.17) is 13.3 Å². The molecule has 91 heavy (non-hydrogen) atoms. The molecule has 0 aliphatic heterocycles. The van der Waals surface area contributed by atoms with Crippen molar-refractivity contribution in [2.45, 2.75) is 88.0 Å². The summed E-state index contributed by atoms with van der Waals surface area (Å²) in [6.07, 6.45) is 6.46. The van der Waals surface area contributed by atoms with Crippen LogP contribution in [0, 0.1) is 48.5 Å². The van der Waals surface area contributed by atoms with Gasteiger partial charge in [-0.05, 0) is 176 Å². The predicted molar refractivity (Wildman–Crippen MR) is 379 cm³/mol. The molecular formula is C85H80N3O3+3. The molecule has 0 N–H and O–H groups in total. The van der Waals surface area contributed by atoms with Crippen molar-refractivity contribution in [3.63, 3.8) is 0 Å². The van der Waals surface area contributed by atoms with Gasteiger partial charge in [0.1, 0.15) is 54.6 Å². The van der Waals surface area contributed by atoms with Gasteiger partial charge in [-0.3, -0.25) is 0 Å². The number of aromatic nitrogens is 3. The molecule has 0 fully saturated rings.